The molecule has 0 N–H and O–H groups in total. The highest BCUT2D eigenvalue weighted by atomic mass is 32.2. The molecule has 0 bridgehead atoms. The van der Waals surface area contributed by atoms with Gasteiger partial charge in [-0.25, -0.2) is 8.42 Å². The summed E-state index contributed by atoms with van der Waals surface area (Å²) in [5.41, 5.74) is 3.13. The second kappa shape index (κ2) is 7.27. The number of hydrogen-bond donors (Lipinski definition) is 0. The Balaban J connectivity index is 1.53. The van der Waals surface area contributed by atoms with E-state index < -0.39 is 9.84 Å². The van der Waals surface area contributed by atoms with Crippen LogP contribution in [0.15, 0.2) is 24.3 Å². The summed E-state index contributed by atoms with van der Waals surface area (Å²) in [6.45, 7) is 12.3. The predicted octanol–water partition coefficient (Wildman–Crippen LogP) is 4.06. The number of rotatable bonds is 6. The van der Waals surface area contributed by atoms with Crippen LogP contribution in [0.3, 0.4) is 0 Å². The Hall–Kier alpha value is -0.870. The number of sulfone groups is 1. The van der Waals surface area contributed by atoms with Crippen LogP contribution >= 0.6 is 0 Å². The molecular weight excluding hydrogens is 342 g/mol. The van der Waals surface area contributed by atoms with Crippen LogP contribution in [0, 0.1) is 11.3 Å². The van der Waals surface area contributed by atoms with Crippen molar-refractivity contribution in [2.45, 2.75) is 58.8 Å². The molecule has 0 amide bonds. The van der Waals surface area contributed by atoms with Crippen molar-refractivity contribution in [1.82, 2.24) is 4.90 Å². The van der Waals surface area contributed by atoms with Crippen LogP contribution in [0.4, 0.5) is 0 Å². The van der Waals surface area contributed by atoms with Gasteiger partial charge in [-0.1, -0.05) is 52.0 Å². The lowest BCUT2D eigenvalue weighted by Gasteiger charge is -2.25. The van der Waals surface area contributed by atoms with Crippen molar-refractivity contribution in [3.63, 3.8) is 0 Å². The summed E-state index contributed by atoms with van der Waals surface area (Å²) in [7, 11) is -2.78. The van der Waals surface area contributed by atoms with Crippen LogP contribution in [-0.4, -0.2) is 44.5 Å². The number of nitrogens with zero attached hydrogens (tertiary/aromatic N) is 1. The van der Waals surface area contributed by atoms with Gasteiger partial charge in [-0.3, -0.25) is 0 Å². The Morgan fingerprint density at radius 3 is 2.46 bits per heavy atom. The highest BCUT2D eigenvalue weighted by molar-refractivity contribution is 7.91. The van der Waals surface area contributed by atoms with Gasteiger partial charge in [-0.05, 0) is 60.1 Å². The lowest BCUT2D eigenvalue weighted by atomic mass is 9.82. The van der Waals surface area contributed by atoms with Gasteiger partial charge in [0.2, 0.25) is 0 Å². The van der Waals surface area contributed by atoms with Gasteiger partial charge < -0.3 is 4.90 Å². The molecule has 3 nitrogen and oxygen atoms in total. The first-order valence-electron chi connectivity index (χ1n) is 10.2. The highest BCUT2D eigenvalue weighted by Gasteiger charge is 2.46. The molecular formula is C22H35NO2S. The van der Waals surface area contributed by atoms with Crippen LogP contribution in [-0.2, 0) is 21.7 Å². The highest BCUT2D eigenvalue weighted by Crippen LogP contribution is 2.41. The molecule has 1 spiro atoms. The third-order valence-corrected chi connectivity index (χ3v) is 8.64. The maximum absolute atomic E-state index is 11.9. The fraction of sp³-hybridized carbons (Fsp3) is 0.727. The first kappa shape index (κ1) is 19.9. The maximum Gasteiger partial charge on any atom is 0.150 e. The fourth-order valence-corrected chi connectivity index (χ4v) is 6.89. The molecule has 2 atom stereocenters. The third kappa shape index (κ3) is 4.51. The van der Waals surface area contributed by atoms with Gasteiger partial charge in [-0.15, -0.1) is 0 Å². The Morgan fingerprint density at radius 2 is 1.88 bits per heavy atom. The minimum absolute atomic E-state index is 0.0614. The fourth-order valence-electron chi connectivity index (χ4n) is 4.69. The van der Waals surface area contributed by atoms with E-state index in [0.29, 0.717) is 17.4 Å². The molecule has 146 valence electrons. The van der Waals surface area contributed by atoms with Gasteiger partial charge in [0.25, 0.3) is 0 Å². The molecule has 26 heavy (non-hydrogen) atoms. The average molecular weight is 378 g/mol. The van der Waals surface area contributed by atoms with Crippen molar-refractivity contribution in [1.29, 1.82) is 0 Å². The van der Waals surface area contributed by atoms with Crippen LogP contribution in [0.1, 0.15) is 58.1 Å². The van der Waals surface area contributed by atoms with Crippen LogP contribution < -0.4 is 0 Å². The third-order valence-electron chi connectivity index (χ3n) is 6.76. The largest absolute Gasteiger partial charge is 0.302 e. The Morgan fingerprint density at radius 1 is 1.19 bits per heavy atom. The summed E-state index contributed by atoms with van der Waals surface area (Å²) in [5.74, 6) is 1.41. The summed E-state index contributed by atoms with van der Waals surface area (Å²) in [4.78, 5) is 2.50. The molecule has 0 aromatic heterocycles. The molecule has 0 saturated carbocycles. The summed E-state index contributed by atoms with van der Waals surface area (Å²) in [6, 6.07) is 9.16. The Bertz CT molecular complexity index is 723. The molecule has 2 saturated heterocycles. The van der Waals surface area contributed by atoms with Gasteiger partial charge in [-0.2, -0.15) is 0 Å². The normalized spacial score (nSPS) is 27.2. The monoisotopic (exact) mass is 377 g/mol. The van der Waals surface area contributed by atoms with Crippen molar-refractivity contribution >= 4 is 9.84 Å². The number of likely N-dealkylation sites (tertiary alicyclic amines) is 1. The molecule has 2 fully saturated rings. The Labute approximate surface area is 160 Å². The SMILES string of the molecule is CCC(C)(C)c1ccc(C[C@H](C)CN2CC[C@@]3(CCS(=O)(=O)C3)C2)cc1. The zero-order valence-corrected chi connectivity index (χ0v) is 17.7. The molecule has 1 aromatic carbocycles. The molecule has 4 heteroatoms. The predicted molar refractivity (Wildman–Crippen MR) is 109 cm³/mol. The van der Waals surface area contributed by atoms with Crippen molar-refractivity contribution in [3.8, 4) is 0 Å². The van der Waals surface area contributed by atoms with E-state index >= 15 is 0 Å². The van der Waals surface area contributed by atoms with E-state index in [-0.39, 0.29) is 10.8 Å². The van der Waals surface area contributed by atoms with Crippen LogP contribution in [0.2, 0.25) is 0 Å². The van der Waals surface area contributed by atoms with E-state index in [1.54, 1.807) is 0 Å². The standard InChI is InChI=1S/C22H35NO2S/c1-5-21(3,4)20-8-6-19(7-9-20)14-18(2)15-23-12-10-22(16-23)11-13-26(24,25)17-22/h6-9,18H,5,10-17H2,1-4H3/t18-,22+/m0/s1. The Kier molecular flexibility index (Phi) is 5.56. The van der Waals surface area contributed by atoms with Crippen molar-refractivity contribution in [2.75, 3.05) is 31.1 Å². The van der Waals surface area contributed by atoms with Crippen LogP contribution in [0.25, 0.3) is 0 Å². The summed E-state index contributed by atoms with van der Waals surface area (Å²) in [6.07, 6.45) is 4.17. The smallest absolute Gasteiger partial charge is 0.150 e. The summed E-state index contributed by atoms with van der Waals surface area (Å²) in [5, 5.41) is 0. The lowest BCUT2D eigenvalue weighted by molar-refractivity contribution is 0.249. The summed E-state index contributed by atoms with van der Waals surface area (Å²) < 4.78 is 23.7. The minimum Gasteiger partial charge on any atom is -0.302 e. The first-order chi connectivity index (χ1) is 12.1. The van der Waals surface area contributed by atoms with Gasteiger partial charge in [0.15, 0.2) is 9.84 Å². The molecule has 3 rings (SSSR count). The van der Waals surface area contributed by atoms with E-state index in [1.165, 1.54) is 11.1 Å². The van der Waals surface area contributed by atoms with Gasteiger partial charge in [0, 0.05) is 13.1 Å². The summed E-state index contributed by atoms with van der Waals surface area (Å²) >= 11 is 0. The second-order valence-electron chi connectivity index (χ2n) is 9.57. The molecule has 2 aliphatic heterocycles. The van der Waals surface area contributed by atoms with Crippen molar-refractivity contribution < 1.29 is 8.42 Å². The van der Waals surface area contributed by atoms with Crippen molar-refractivity contribution in [3.05, 3.63) is 35.4 Å². The number of hydrogen-bond acceptors (Lipinski definition) is 3. The minimum atomic E-state index is -2.78. The molecule has 0 radical (unpaired) electrons. The van der Waals surface area contributed by atoms with Gasteiger partial charge in [0.1, 0.15) is 0 Å². The molecule has 0 unspecified atom stereocenters. The van der Waals surface area contributed by atoms with E-state index in [9.17, 15) is 8.42 Å². The lowest BCUT2D eigenvalue weighted by Crippen LogP contribution is -2.31. The van der Waals surface area contributed by atoms with Crippen LogP contribution in [0.5, 0.6) is 0 Å². The topological polar surface area (TPSA) is 37.4 Å². The average Bonchev–Trinajstić information content (AvgIpc) is 3.10. The quantitative estimate of drug-likeness (QED) is 0.750. The first-order valence-corrected chi connectivity index (χ1v) is 12.0. The zero-order valence-electron chi connectivity index (χ0n) is 16.9. The molecule has 2 heterocycles. The number of benzene rings is 1. The van der Waals surface area contributed by atoms with Gasteiger partial charge >= 0.3 is 0 Å². The van der Waals surface area contributed by atoms with Gasteiger partial charge in [0.05, 0.1) is 11.5 Å². The molecule has 2 aliphatic rings. The molecule has 1 aromatic rings. The van der Waals surface area contributed by atoms with E-state index in [1.807, 2.05) is 0 Å². The maximum atomic E-state index is 11.9. The van der Waals surface area contributed by atoms with E-state index in [4.69, 9.17) is 0 Å². The van der Waals surface area contributed by atoms with E-state index in [2.05, 4.69) is 56.9 Å². The zero-order chi connectivity index (χ0) is 19.0. The van der Waals surface area contributed by atoms with E-state index in [0.717, 1.165) is 45.3 Å². The van der Waals surface area contributed by atoms with Crippen molar-refractivity contribution in [2.24, 2.45) is 11.3 Å². The second-order valence-corrected chi connectivity index (χ2v) is 11.8. The molecule has 0 aliphatic carbocycles.